The van der Waals surface area contributed by atoms with E-state index < -0.39 is 0 Å². The largest absolute Gasteiger partial charge is 0.493 e. The summed E-state index contributed by atoms with van der Waals surface area (Å²) in [5.74, 6) is 1.51. The van der Waals surface area contributed by atoms with Crippen LogP contribution in [-0.2, 0) is 11.2 Å². The van der Waals surface area contributed by atoms with E-state index in [1.807, 2.05) is 12.1 Å². The van der Waals surface area contributed by atoms with Gasteiger partial charge in [0.2, 0.25) is 0 Å². The number of methoxy groups -OCH3 is 2. The molecule has 0 N–H and O–H groups in total. The highest BCUT2D eigenvalue weighted by atomic mass is 16.5. The summed E-state index contributed by atoms with van der Waals surface area (Å²) in [6.45, 7) is 2.76. The fourth-order valence-corrected chi connectivity index (χ4v) is 3.13. The maximum absolute atomic E-state index is 6.12. The molecule has 0 bridgehead atoms. The van der Waals surface area contributed by atoms with Gasteiger partial charge in [0.05, 0.1) is 20.8 Å². The zero-order valence-electron chi connectivity index (χ0n) is 13.8. The van der Waals surface area contributed by atoms with Crippen LogP contribution in [0.4, 0.5) is 0 Å². The van der Waals surface area contributed by atoms with Crippen molar-refractivity contribution in [3.63, 3.8) is 0 Å². The molecule has 1 unspecified atom stereocenters. The van der Waals surface area contributed by atoms with E-state index in [2.05, 4.69) is 43.3 Å². The minimum Gasteiger partial charge on any atom is -0.493 e. The Balaban J connectivity index is 2.07. The van der Waals surface area contributed by atoms with Gasteiger partial charge in [0.25, 0.3) is 0 Å². The molecule has 2 aromatic rings. The molecule has 3 nitrogen and oxygen atoms in total. The summed E-state index contributed by atoms with van der Waals surface area (Å²) in [6, 6.07) is 14.5. The summed E-state index contributed by atoms with van der Waals surface area (Å²) in [5, 5.41) is 0. The molecule has 3 rings (SSSR count). The van der Waals surface area contributed by atoms with E-state index in [0.29, 0.717) is 6.61 Å². The van der Waals surface area contributed by atoms with Crippen LogP contribution in [0.15, 0.2) is 48.5 Å². The van der Waals surface area contributed by atoms with E-state index in [9.17, 15) is 0 Å². The maximum atomic E-state index is 6.12. The lowest BCUT2D eigenvalue weighted by Gasteiger charge is -2.29. The Morgan fingerprint density at radius 3 is 2.43 bits per heavy atom. The third kappa shape index (κ3) is 2.97. The van der Waals surface area contributed by atoms with E-state index >= 15 is 0 Å². The van der Waals surface area contributed by atoms with Crippen LogP contribution in [0, 0.1) is 0 Å². The van der Waals surface area contributed by atoms with Crippen molar-refractivity contribution >= 4 is 5.57 Å². The predicted octanol–water partition coefficient (Wildman–Crippen LogP) is 4.42. The average molecular weight is 310 g/mol. The summed E-state index contributed by atoms with van der Waals surface area (Å²) in [7, 11) is 3.33. The summed E-state index contributed by atoms with van der Waals surface area (Å²) in [4.78, 5) is 0. The van der Waals surface area contributed by atoms with Gasteiger partial charge in [0, 0.05) is 0 Å². The van der Waals surface area contributed by atoms with Crippen molar-refractivity contribution in [3.05, 3.63) is 65.2 Å². The van der Waals surface area contributed by atoms with Crippen molar-refractivity contribution in [2.75, 3.05) is 20.8 Å². The lowest BCUT2D eigenvalue weighted by molar-refractivity contribution is 0.0811. The van der Waals surface area contributed by atoms with E-state index in [-0.39, 0.29) is 6.10 Å². The SMILES string of the molecule is C/C=C(\c1ccccc1)C1OCCc2cc(OC)c(OC)cc21. The minimum atomic E-state index is -0.0778. The normalized spacial score (nSPS) is 17.5. The summed E-state index contributed by atoms with van der Waals surface area (Å²) >= 11 is 0. The number of ether oxygens (including phenoxy) is 3. The maximum Gasteiger partial charge on any atom is 0.161 e. The van der Waals surface area contributed by atoms with Crippen LogP contribution in [0.3, 0.4) is 0 Å². The van der Waals surface area contributed by atoms with Gasteiger partial charge in [-0.3, -0.25) is 0 Å². The number of benzene rings is 2. The second kappa shape index (κ2) is 6.88. The summed E-state index contributed by atoms with van der Waals surface area (Å²) in [6.07, 6.45) is 2.94. The van der Waals surface area contributed by atoms with E-state index in [1.54, 1.807) is 14.2 Å². The molecule has 0 saturated heterocycles. The molecule has 0 spiro atoms. The molecule has 23 heavy (non-hydrogen) atoms. The molecule has 0 radical (unpaired) electrons. The lowest BCUT2D eigenvalue weighted by Crippen LogP contribution is -2.18. The highest BCUT2D eigenvalue weighted by Crippen LogP contribution is 2.42. The quantitative estimate of drug-likeness (QED) is 0.836. The van der Waals surface area contributed by atoms with Crippen molar-refractivity contribution in [1.29, 1.82) is 0 Å². The zero-order chi connectivity index (χ0) is 16.2. The van der Waals surface area contributed by atoms with E-state index in [0.717, 1.165) is 23.5 Å². The Hall–Kier alpha value is -2.26. The van der Waals surface area contributed by atoms with Gasteiger partial charge < -0.3 is 14.2 Å². The van der Waals surface area contributed by atoms with Crippen molar-refractivity contribution in [3.8, 4) is 11.5 Å². The predicted molar refractivity (Wildman–Crippen MR) is 92.0 cm³/mol. The lowest BCUT2D eigenvalue weighted by atomic mass is 9.89. The van der Waals surface area contributed by atoms with Crippen LogP contribution >= 0.6 is 0 Å². The fourth-order valence-electron chi connectivity index (χ4n) is 3.13. The van der Waals surface area contributed by atoms with Crippen LogP contribution in [-0.4, -0.2) is 20.8 Å². The Morgan fingerprint density at radius 2 is 1.78 bits per heavy atom. The topological polar surface area (TPSA) is 27.7 Å². The molecule has 120 valence electrons. The minimum absolute atomic E-state index is 0.0778. The molecule has 1 aliphatic rings. The highest BCUT2D eigenvalue weighted by Gasteiger charge is 2.27. The Bertz CT molecular complexity index is 704. The second-order valence-electron chi connectivity index (χ2n) is 5.52. The smallest absolute Gasteiger partial charge is 0.161 e. The van der Waals surface area contributed by atoms with Gasteiger partial charge in [-0.05, 0) is 47.7 Å². The van der Waals surface area contributed by atoms with Gasteiger partial charge in [-0.25, -0.2) is 0 Å². The van der Waals surface area contributed by atoms with Gasteiger partial charge in [-0.2, -0.15) is 0 Å². The Kier molecular flexibility index (Phi) is 4.68. The molecule has 1 atom stereocenters. The number of hydrogen-bond acceptors (Lipinski definition) is 3. The number of fused-ring (bicyclic) bond motifs is 1. The molecule has 0 aromatic heterocycles. The van der Waals surface area contributed by atoms with Crippen molar-refractivity contribution in [2.24, 2.45) is 0 Å². The first-order valence-corrected chi connectivity index (χ1v) is 7.86. The van der Waals surface area contributed by atoms with Crippen LogP contribution in [0.25, 0.3) is 5.57 Å². The summed E-state index contributed by atoms with van der Waals surface area (Å²) < 4.78 is 17.0. The van der Waals surface area contributed by atoms with Crippen LogP contribution in [0.5, 0.6) is 11.5 Å². The molecule has 0 fully saturated rings. The van der Waals surface area contributed by atoms with Crippen LogP contribution in [0.1, 0.15) is 29.7 Å². The van der Waals surface area contributed by atoms with Gasteiger partial charge in [-0.15, -0.1) is 0 Å². The molecule has 1 aliphatic heterocycles. The highest BCUT2D eigenvalue weighted by molar-refractivity contribution is 5.71. The molecule has 2 aromatic carbocycles. The first-order valence-electron chi connectivity index (χ1n) is 7.86. The first kappa shape index (κ1) is 15.6. The van der Waals surface area contributed by atoms with Crippen molar-refractivity contribution < 1.29 is 14.2 Å². The molecular formula is C20H22O3. The van der Waals surface area contributed by atoms with Crippen LogP contribution < -0.4 is 9.47 Å². The number of allylic oxidation sites excluding steroid dienone is 1. The van der Waals surface area contributed by atoms with Gasteiger partial charge >= 0.3 is 0 Å². The first-order chi connectivity index (χ1) is 11.3. The third-order valence-corrected chi connectivity index (χ3v) is 4.28. The van der Waals surface area contributed by atoms with Gasteiger partial charge in [0.1, 0.15) is 6.10 Å². The molecule has 0 aliphatic carbocycles. The molecule has 0 amide bonds. The Morgan fingerprint density at radius 1 is 1.09 bits per heavy atom. The fraction of sp³-hybridized carbons (Fsp3) is 0.300. The van der Waals surface area contributed by atoms with Crippen molar-refractivity contribution in [2.45, 2.75) is 19.4 Å². The van der Waals surface area contributed by atoms with Crippen LogP contribution in [0.2, 0.25) is 0 Å². The standard InChI is InChI=1S/C20H22O3/c1-4-16(14-8-6-5-7-9-14)20-17-13-19(22-3)18(21-2)12-15(17)10-11-23-20/h4-9,12-13,20H,10-11H2,1-3H3/b16-4+. The van der Waals surface area contributed by atoms with E-state index in [1.165, 1.54) is 16.7 Å². The molecular weight excluding hydrogens is 288 g/mol. The van der Waals surface area contributed by atoms with Gasteiger partial charge in [0.15, 0.2) is 11.5 Å². The molecule has 3 heteroatoms. The monoisotopic (exact) mass is 310 g/mol. The Labute approximate surface area is 137 Å². The zero-order valence-corrected chi connectivity index (χ0v) is 13.8. The van der Waals surface area contributed by atoms with Crippen molar-refractivity contribution in [1.82, 2.24) is 0 Å². The van der Waals surface area contributed by atoms with Gasteiger partial charge in [-0.1, -0.05) is 36.4 Å². The molecule has 1 heterocycles. The van der Waals surface area contributed by atoms with E-state index in [4.69, 9.17) is 14.2 Å². The molecule has 0 saturated carbocycles. The second-order valence-corrected chi connectivity index (χ2v) is 5.52. The summed E-state index contributed by atoms with van der Waals surface area (Å²) in [5.41, 5.74) is 4.78. The number of hydrogen-bond donors (Lipinski definition) is 0. The average Bonchev–Trinajstić information content (AvgIpc) is 2.62. The third-order valence-electron chi connectivity index (χ3n) is 4.28. The number of rotatable bonds is 4.